The van der Waals surface area contributed by atoms with Gasteiger partial charge in [0.05, 0.1) is 13.2 Å². The van der Waals surface area contributed by atoms with Crippen LogP contribution < -0.4 is 10.6 Å². The maximum Gasteiger partial charge on any atom is 0.190 e. The lowest BCUT2D eigenvalue weighted by Crippen LogP contribution is -2.39. The van der Waals surface area contributed by atoms with E-state index in [4.69, 9.17) is 9.47 Å². The molecule has 0 saturated heterocycles. The molecular formula is C16H34IN3O2. The highest BCUT2D eigenvalue weighted by Crippen LogP contribution is 2.25. The van der Waals surface area contributed by atoms with Gasteiger partial charge in [-0.05, 0) is 18.8 Å². The Balaban J connectivity index is 0.00000441. The van der Waals surface area contributed by atoms with Gasteiger partial charge in [-0.3, -0.25) is 4.99 Å². The van der Waals surface area contributed by atoms with Gasteiger partial charge in [0.25, 0.3) is 0 Å². The largest absolute Gasteiger partial charge is 0.382 e. The zero-order chi connectivity index (χ0) is 15.2. The maximum atomic E-state index is 5.42. The number of halogens is 1. The van der Waals surface area contributed by atoms with Crippen LogP contribution >= 0.6 is 24.0 Å². The SMILES string of the molecule is CN=C(NCCCOCCOC)NCCC1CCCCC1.I. The minimum absolute atomic E-state index is 0. The Morgan fingerprint density at radius 2 is 1.77 bits per heavy atom. The average molecular weight is 427 g/mol. The van der Waals surface area contributed by atoms with E-state index in [1.54, 1.807) is 7.11 Å². The van der Waals surface area contributed by atoms with Crippen LogP contribution in [0.25, 0.3) is 0 Å². The molecule has 0 radical (unpaired) electrons. The number of hydrogen-bond acceptors (Lipinski definition) is 3. The van der Waals surface area contributed by atoms with Gasteiger partial charge in [-0.1, -0.05) is 32.1 Å². The molecule has 2 N–H and O–H groups in total. The number of rotatable bonds is 10. The Morgan fingerprint density at radius 1 is 1.05 bits per heavy atom. The predicted octanol–water partition coefficient (Wildman–Crippen LogP) is 2.79. The highest BCUT2D eigenvalue weighted by molar-refractivity contribution is 14.0. The molecular weight excluding hydrogens is 393 g/mol. The highest BCUT2D eigenvalue weighted by atomic mass is 127. The van der Waals surface area contributed by atoms with Gasteiger partial charge in [0, 0.05) is 33.9 Å². The van der Waals surface area contributed by atoms with Gasteiger partial charge in [0.15, 0.2) is 5.96 Å². The van der Waals surface area contributed by atoms with Crippen LogP contribution in [0, 0.1) is 5.92 Å². The summed E-state index contributed by atoms with van der Waals surface area (Å²) in [5.41, 5.74) is 0. The fraction of sp³-hybridized carbons (Fsp3) is 0.938. The first kappa shape index (κ1) is 21.9. The topological polar surface area (TPSA) is 54.9 Å². The van der Waals surface area contributed by atoms with Crippen LogP contribution in [0.15, 0.2) is 4.99 Å². The van der Waals surface area contributed by atoms with Crippen molar-refractivity contribution >= 4 is 29.9 Å². The Bertz CT molecular complexity index is 272. The molecule has 0 spiro atoms. The zero-order valence-electron chi connectivity index (χ0n) is 14.2. The molecule has 5 nitrogen and oxygen atoms in total. The van der Waals surface area contributed by atoms with Crippen molar-refractivity contribution in [3.63, 3.8) is 0 Å². The molecule has 6 heteroatoms. The lowest BCUT2D eigenvalue weighted by atomic mass is 9.87. The molecule has 132 valence electrons. The molecule has 1 aliphatic carbocycles. The Morgan fingerprint density at radius 3 is 2.45 bits per heavy atom. The summed E-state index contributed by atoms with van der Waals surface area (Å²) in [4.78, 5) is 4.25. The van der Waals surface area contributed by atoms with E-state index in [0.717, 1.165) is 38.0 Å². The summed E-state index contributed by atoms with van der Waals surface area (Å²) in [6.07, 6.45) is 9.33. The fourth-order valence-electron chi connectivity index (χ4n) is 2.72. The van der Waals surface area contributed by atoms with Crippen LogP contribution in [0.5, 0.6) is 0 Å². The highest BCUT2D eigenvalue weighted by Gasteiger charge is 2.12. The second-order valence-corrected chi connectivity index (χ2v) is 5.68. The second-order valence-electron chi connectivity index (χ2n) is 5.68. The van der Waals surface area contributed by atoms with Gasteiger partial charge < -0.3 is 20.1 Å². The van der Waals surface area contributed by atoms with E-state index in [2.05, 4.69) is 15.6 Å². The van der Waals surface area contributed by atoms with E-state index >= 15 is 0 Å². The molecule has 0 unspecified atom stereocenters. The number of methoxy groups -OCH3 is 1. The molecule has 0 amide bonds. The third-order valence-electron chi connectivity index (χ3n) is 3.98. The number of nitrogens with zero attached hydrogens (tertiary/aromatic N) is 1. The lowest BCUT2D eigenvalue weighted by Gasteiger charge is -2.22. The van der Waals surface area contributed by atoms with Crippen molar-refractivity contribution in [2.24, 2.45) is 10.9 Å². The first-order chi connectivity index (χ1) is 10.4. The molecule has 22 heavy (non-hydrogen) atoms. The molecule has 0 aromatic heterocycles. The quantitative estimate of drug-likeness (QED) is 0.244. The molecule has 0 aromatic carbocycles. The number of nitrogens with one attached hydrogen (secondary N) is 2. The van der Waals surface area contributed by atoms with E-state index in [1.807, 2.05) is 7.05 Å². The molecule has 0 aliphatic heterocycles. The normalized spacial score (nSPS) is 16.2. The zero-order valence-corrected chi connectivity index (χ0v) is 16.6. The van der Waals surface area contributed by atoms with E-state index in [1.165, 1.54) is 38.5 Å². The molecule has 0 atom stereocenters. The molecule has 1 fully saturated rings. The Hall–Kier alpha value is -0.0800. The first-order valence-electron chi connectivity index (χ1n) is 8.38. The minimum Gasteiger partial charge on any atom is -0.382 e. The molecule has 0 heterocycles. The summed E-state index contributed by atoms with van der Waals surface area (Å²) in [5, 5.41) is 6.73. The third-order valence-corrected chi connectivity index (χ3v) is 3.98. The average Bonchev–Trinajstić information content (AvgIpc) is 2.53. The van der Waals surface area contributed by atoms with Crippen LogP contribution in [0.4, 0.5) is 0 Å². The van der Waals surface area contributed by atoms with Crippen molar-refractivity contribution in [1.29, 1.82) is 0 Å². The van der Waals surface area contributed by atoms with Gasteiger partial charge >= 0.3 is 0 Å². The number of guanidine groups is 1. The molecule has 1 saturated carbocycles. The van der Waals surface area contributed by atoms with Gasteiger partial charge in [0.1, 0.15) is 0 Å². The van der Waals surface area contributed by atoms with Gasteiger partial charge in [-0.2, -0.15) is 0 Å². The van der Waals surface area contributed by atoms with E-state index in [-0.39, 0.29) is 24.0 Å². The summed E-state index contributed by atoms with van der Waals surface area (Å²) >= 11 is 0. The summed E-state index contributed by atoms with van der Waals surface area (Å²) in [5.74, 6) is 1.82. The lowest BCUT2D eigenvalue weighted by molar-refractivity contribution is 0.0698. The van der Waals surface area contributed by atoms with Gasteiger partial charge in [-0.15, -0.1) is 24.0 Å². The van der Waals surface area contributed by atoms with Gasteiger partial charge in [0.2, 0.25) is 0 Å². The summed E-state index contributed by atoms with van der Waals surface area (Å²) < 4.78 is 10.4. The van der Waals surface area contributed by atoms with Gasteiger partial charge in [-0.25, -0.2) is 0 Å². The predicted molar refractivity (Wildman–Crippen MR) is 103 cm³/mol. The van der Waals surface area contributed by atoms with Crippen LogP contribution in [0.1, 0.15) is 44.9 Å². The van der Waals surface area contributed by atoms with Crippen molar-refractivity contribution in [2.45, 2.75) is 44.9 Å². The van der Waals surface area contributed by atoms with Crippen molar-refractivity contribution in [3.05, 3.63) is 0 Å². The summed E-state index contributed by atoms with van der Waals surface area (Å²) in [7, 11) is 3.51. The van der Waals surface area contributed by atoms with Crippen LogP contribution in [0.2, 0.25) is 0 Å². The smallest absolute Gasteiger partial charge is 0.190 e. The molecule has 0 aromatic rings. The first-order valence-corrected chi connectivity index (χ1v) is 8.38. The monoisotopic (exact) mass is 427 g/mol. The number of ether oxygens (including phenoxy) is 2. The van der Waals surface area contributed by atoms with E-state index in [9.17, 15) is 0 Å². The molecule has 1 aliphatic rings. The van der Waals surface area contributed by atoms with E-state index in [0.29, 0.717) is 13.2 Å². The molecule has 1 rings (SSSR count). The number of hydrogen-bond donors (Lipinski definition) is 2. The maximum absolute atomic E-state index is 5.42. The van der Waals surface area contributed by atoms with Crippen molar-refractivity contribution in [1.82, 2.24) is 10.6 Å². The van der Waals surface area contributed by atoms with Crippen LogP contribution in [-0.2, 0) is 9.47 Å². The van der Waals surface area contributed by atoms with Crippen molar-refractivity contribution in [3.8, 4) is 0 Å². The van der Waals surface area contributed by atoms with Crippen LogP contribution in [0.3, 0.4) is 0 Å². The van der Waals surface area contributed by atoms with E-state index < -0.39 is 0 Å². The second kappa shape index (κ2) is 15.8. The van der Waals surface area contributed by atoms with Crippen LogP contribution in [-0.4, -0.2) is 53.0 Å². The summed E-state index contributed by atoms with van der Waals surface area (Å²) in [6, 6.07) is 0. The number of aliphatic imine (C=N–C) groups is 1. The minimum atomic E-state index is 0. The Kier molecular flexibility index (Phi) is 15.7. The summed E-state index contributed by atoms with van der Waals surface area (Å²) in [6.45, 7) is 4.00. The third kappa shape index (κ3) is 11.5. The standard InChI is InChI=1S/C16H33N3O2.HI/c1-17-16(18-10-6-12-21-14-13-20-2)19-11-9-15-7-4-3-5-8-15;/h15H,3-14H2,1-2H3,(H2,17,18,19);1H. The molecule has 0 bridgehead atoms. The Labute approximate surface area is 153 Å². The van der Waals surface area contributed by atoms with Crippen molar-refractivity contribution in [2.75, 3.05) is 47.1 Å². The fourth-order valence-corrected chi connectivity index (χ4v) is 2.72. The van der Waals surface area contributed by atoms with Crippen molar-refractivity contribution < 1.29 is 9.47 Å².